The summed E-state index contributed by atoms with van der Waals surface area (Å²) in [7, 11) is 4.65. The Balaban J connectivity index is 1.74. The Kier molecular flexibility index (Phi) is 3.69. The third kappa shape index (κ3) is 2.03. The smallest absolute Gasteiger partial charge is 0.341 e. The quantitative estimate of drug-likeness (QED) is 0.724. The number of ether oxygens (including phenoxy) is 5. The van der Waals surface area contributed by atoms with Crippen LogP contribution in [0.15, 0.2) is 18.2 Å². The van der Waals surface area contributed by atoms with Gasteiger partial charge in [0.1, 0.15) is 11.9 Å². The number of nitrogens with one attached hydrogen (secondary N) is 1. The molecule has 4 aliphatic heterocycles. The fourth-order valence-electron chi connectivity index (χ4n) is 5.56. The summed E-state index contributed by atoms with van der Waals surface area (Å²) in [5, 5.41) is 2.90. The Morgan fingerprint density at radius 1 is 1.24 bits per heavy atom. The molecule has 4 aliphatic rings. The maximum atomic E-state index is 13.5. The fraction of sp³-hybridized carbons (Fsp3) is 0.600. The van der Waals surface area contributed by atoms with E-state index in [1.807, 2.05) is 4.90 Å². The van der Waals surface area contributed by atoms with E-state index in [9.17, 15) is 9.59 Å². The molecule has 9 nitrogen and oxygen atoms in total. The number of carbonyl (C=O) groups excluding carboxylic acids is 2. The Bertz CT molecular complexity index is 918. The van der Waals surface area contributed by atoms with Crippen LogP contribution in [0.25, 0.3) is 0 Å². The van der Waals surface area contributed by atoms with Gasteiger partial charge < -0.3 is 29.0 Å². The number of carbonyl (C=O) groups is 2. The summed E-state index contributed by atoms with van der Waals surface area (Å²) in [4.78, 5) is 28.7. The van der Waals surface area contributed by atoms with Crippen LogP contribution in [0.5, 0.6) is 5.75 Å². The fourth-order valence-corrected chi connectivity index (χ4v) is 5.56. The summed E-state index contributed by atoms with van der Waals surface area (Å²) in [6, 6.07) is 5.28. The number of likely N-dealkylation sites (tertiary alicyclic amines) is 1. The molecule has 0 bridgehead atoms. The number of rotatable bonds is 2. The van der Waals surface area contributed by atoms with Gasteiger partial charge in [0.05, 0.1) is 14.2 Å². The van der Waals surface area contributed by atoms with Crippen molar-refractivity contribution in [3.8, 4) is 5.75 Å². The summed E-state index contributed by atoms with van der Waals surface area (Å²) in [5.74, 6) is -1.71. The summed E-state index contributed by atoms with van der Waals surface area (Å²) in [6.07, 6.45) is -1.28. The van der Waals surface area contributed by atoms with E-state index in [-0.39, 0.29) is 5.91 Å². The summed E-state index contributed by atoms with van der Waals surface area (Å²) in [6.45, 7) is 3.98. The van der Waals surface area contributed by atoms with E-state index >= 15 is 0 Å². The lowest BCUT2D eigenvalue weighted by molar-refractivity contribution is -0.246. The van der Waals surface area contributed by atoms with Crippen LogP contribution in [-0.2, 0) is 34.1 Å². The number of hydrogen-bond donors (Lipinski definition) is 1. The highest BCUT2D eigenvalue weighted by Gasteiger charge is 2.82. The highest BCUT2D eigenvalue weighted by atomic mass is 16.8. The topological polar surface area (TPSA) is 95.6 Å². The minimum Gasteiger partial charge on any atom is -0.497 e. The number of nitrogens with zero attached hydrogens (tertiary/aromatic N) is 1. The Hall–Kier alpha value is -2.20. The molecule has 0 saturated carbocycles. The van der Waals surface area contributed by atoms with Crippen molar-refractivity contribution in [1.29, 1.82) is 0 Å². The van der Waals surface area contributed by atoms with E-state index < -0.39 is 41.2 Å². The summed E-state index contributed by atoms with van der Waals surface area (Å²) >= 11 is 0. The molecule has 1 N–H and O–H groups in total. The van der Waals surface area contributed by atoms with Gasteiger partial charge in [-0.1, -0.05) is 0 Å². The number of benzene rings is 1. The predicted molar refractivity (Wildman–Crippen MR) is 99.1 cm³/mol. The molecule has 4 heterocycles. The molecule has 1 aromatic carbocycles. The predicted octanol–water partition coefficient (Wildman–Crippen LogP) is 0.824. The van der Waals surface area contributed by atoms with E-state index in [2.05, 4.69) is 5.32 Å². The maximum Gasteiger partial charge on any atom is 0.341 e. The Labute approximate surface area is 168 Å². The molecule has 0 radical (unpaired) electrons. The number of likely N-dealkylation sites (N-methyl/N-ethyl adjacent to an activating group) is 1. The van der Waals surface area contributed by atoms with Crippen molar-refractivity contribution in [1.82, 2.24) is 4.90 Å². The van der Waals surface area contributed by atoms with Gasteiger partial charge in [0.2, 0.25) is 5.60 Å². The standard InChI is InChI=1S/C20H24N2O7/c1-18(2)27-14-12-9-22(3)19(20(12,17(24)26-5)29-15(14)28-18)11-8-10(25-4)6-7-13(11)21-16(19)23/h6-8,12,14-15H,9H2,1-5H3,(H,21,23)/t12-,14-,15+,19+,20-/m1/s1. The van der Waals surface area contributed by atoms with Gasteiger partial charge in [-0.3, -0.25) is 9.69 Å². The van der Waals surface area contributed by atoms with Crippen molar-refractivity contribution in [2.75, 3.05) is 33.1 Å². The molecule has 1 amide bonds. The highest BCUT2D eigenvalue weighted by molar-refractivity contribution is 6.11. The monoisotopic (exact) mass is 404 g/mol. The molecule has 9 heteroatoms. The lowest BCUT2D eigenvalue weighted by atomic mass is 9.71. The van der Waals surface area contributed by atoms with E-state index in [0.29, 0.717) is 23.5 Å². The zero-order chi connectivity index (χ0) is 20.8. The van der Waals surface area contributed by atoms with Gasteiger partial charge in [-0.25, -0.2) is 4.79 Å². The van der Waals surface area contributed by atoms with Crippen LogP contribution in [0.1, 0.15) is 19.4 Å². The molecule has 3 fully saturated rings. The first kappa shape index (κ1) is 18.8. The lowest BCUT2D eigenvalue weighted by Gasteiger charge is -2.42. The number of esters is 1. The molecule has 0 aliphatic carbocycles. The molecule has 156 valence electrons. The molecule has 5 rings (SSSR count). The molecular formula is C20H24N2O7. The van der Waals surface area contributed by atoms with Crippen molar-refractivity contribution in [3.05, 3.63) is 23.8 Å². The van der Waals surface area contributed by atoms with Gasteiger partial charge >= 0.3 is 5.97 Å². The molecule has 0 unspecified atom stereocenters. The van der Waals surface area contributed by atoms with Gasteiger partial charge in [-0.2, -0.15) is 0 Å². The molecule has 5 atom stereocenters. The minimum atomic E-state index is -1.62. The average Bonchev–Trinajstić information content (AvgIpc) is 3.31. The lowest BCUT2D eigenvalue weighted by Crippen LogP contribution is -2.64. The minimum absolute atomic E-state index is 0.351. The van der Waals surface area contributed by atoms with Crippen LogP contribution in [0, 0.1) is 5.92 Å². The second-order valence-corrected chi connectivity index (χ2v) is 8.38. The Morgan fingerprint density at radius 2 is 2.00 bits per heavy atom. The number of fused-ring (bicyclic) bond motifs is 6. The van der Waals surface area contributed by atoms with Gasteiger partial charge in [0, 0.05) is 23.7 Å². The normalized spacial score (nSPS) is 39.2. The highest BCUT2D eigenvalue weighted by Crippen LogP contribution is 2.63. The molecule has 29 heavy (non-hydrogen) atoms. The van der Waals surface area contributed by atoms with Crippen molar-refractivity contribution in [3.63, 3.8) is 0 Å². The number of hydrogen-bond acceptors (Lipinski definition) is 8. The van der Waals surface area contributed by atoms with Crippen molar-refractivity contribution in [2.45, 2.75) is 43.2 Å². The third-order valence-electron chi connectivity index (χ3n) is 6.57. The first-order chi connectivity index (χ1) is 13.7. The molecule has 3 saturated heterocycles. The van der Waals surface area contributed by atoms with Crippen molar-refractivity contribution in [2.24, 2.45) is 5.92 Å². The van der Waals surface area contributed by atoms with Gasteiger partial charge in [0.25, 0.3) is 5.91 Å². The zero-order valence-corrected chi connectivity index (χ0v) is 17.0. The van der Waals surface area contributed by atoms with Crippen LogP contribution in [0.3, 0.4) is 0 Å². The number of amides is 1. The summed E-state index contributed by atoms with van der Waals surface area (Å²) in [5.41, 5.74) is -1.84. The maximum absolute atomic E-state index is 13.5. The summed E-state index contributed by atoms with van der Waals surface area (Å²) < 4.78 is 28.9. The van der Waals surface area contributed by atoms with Crippen molar-refractivity contribution >= 4 is 17.6 Å². The van der Waals surface area contributed by atoms with Gasteiger partial charge in [0.15, 0.2) is 17.6 Å². The van der Waals surface area contributed by atoms with Crippen LogP contribution in [0.2, 0.25) is 0 Å². The molecule has 0 aromatic heterocycles. The first-order valence-electron chi connectivity index (χ1n) is 9.54. The van der Waals surface area contributed by atoms with Crippen molar-refractivity contribution < 1.29 is 33.3 Å². The van der Waals surface area contributed by atoms with Crippen LogP contribution in [-0.4, -0.2) is 68.4 Å². The number of anilines is 1. The van der Waals surface area contributed by atoms with Crippen LogP contribution >= 0.6 is 0 Å². The van der Waals surface area contributed by atoms with Gasteiger partial charge in [-0.15, -0.1) is 0 Å². The molecular weight excluding hydrogens is 380 g/mol. The van der Waals surface area contributed by atoms with Crippen LogP contribution in [0.4, 0.5) is 5.69 Å². The number of methoxy groups -OCH3 is 2. The molecule has 1 spiro atoms. The van der Waals surface area contributed by atoms with E-state index in [4.69, 9.17) is 23.7 Å². The second-order valence-electron chi connectivity index (χ2n) is 8.38. The zero-order valence-electron chi connectivity index (χ0n) is 17.0. The second kappa shape index (κ2) is 5.69. The largest absolute Gasteiger partial charge is 0.497 e. The third-order valence-corrected chi connectivity index (χ3v) is 6.57. The van der Waals surface area contributed by atoms with Gasteiger partial charge in [-0.05, 0) is 39.1 Å². The SMILES string of the molecule is COC(=O)[C@]12O[C@@H]3OC(C)(C)O[C@@H]3[C@H]1CN(C)[C@@]21C(=O)Nc2ccc(OC)cc21. The van der Waals surface area contributed by atoms with E-state index in [0.717, 1.165) is 0 Å². The average molecular weight is 404 g/mol. The Morgan fingerprint density at radius 3 is 2.69 bits per heavy atom. The molecule has 1 aromatic rings. The van der Waals surface area contributed by atoms with E-state index in [1.165, 1.54) is 7.11 Å². The first-order valence-corrected chi connectivity index (χ1v) is 9.54. The van der Waals surface area contributed by atoms with Crippen LogP contribution < -0.4 is 10.1 Å². The van der Waals surface area contributed by atoms with E-state index in [1.54, 1.807) is 46.2 Å².